The number of methoxy groups -OCH3 is 1. The number of rotatable bonds is 3. The lowest BCUT2D eigenvalue weighted by molar-refractivity contribution is 0.101. The van der Waals surface area contributed by atoms with Crippen molar-refractivity contribution in [1.82, 2.24) is 4.90 Å². The molecule has 0 aromatic heterocycles. The van der Waals surface area contributed by atoms with Crippen molar-refractivity contribution in [3.8, 4) is 11.5 Å². The number of anilines is 1. The van der Waals surface area contributed by atoms with Crippen molar-refractivity contribution >= 4 is 17.5 Å². The first-order valence-electron chi connectivity index (χ1n) is 6.50. The van der Waals surface area contributed by atoms with Crippen molar-refractivity contribution in [3.63, 3.8) is 0 Å². The van der Waals surface area contributed by atoms with Crippen molar-refractivity contribution in [2.24, 2.45) is 0 Å². The van der Waals surface area contributed by atoms with Crippen molar-refractivity contribution in [1.29, 1.82) is 0 Å². The predicted octanol–water partition coefficient (Wildman–Crippen LogP) is 2.23. The topological polar surface area (TPSA) is 78.9 Å². The standard InChI is InChI=1S/C14H18N2O4/c1-9(17)10-7-11(13(20-2)8-12(10)18)15-14(19)16-5-3-4-6-16/h7-8,18H,3-6H2,1-2H3,(H,15,19). The number of nitrogens with zero attached hydrogens (tertiary/aromatic N) is 1. The maximum absolute atomic E-state index is 12.1. The Morgan fingerprint density at radius 1 is 1.30 bits per heavy atom. The molecular formula is C14H18N2O4. The maximum Gasteiger partial charge on any atom is 0.321 e. The van der Waals surface area contributed by atoms with E-state index >= 15 is 0 Å². The van der Waals surface area contributed by atoms with Crippen molar-refractivity contribution in [3.05, 3.63) is 17.7 Å². The van der Waals surface area contributed by atoms with Crippen molar-refractivity contribution in [2.45, 2.75) is 19.8 Å². The summed E-state index contributed by atoms with van der Waals surface area (Å²) in [6.45, 7) is 2.81. The Bertz CT molecular complexity index is 536. The van der Waals surface area contributed by atoms with E-state index in [1.165, 1.54) is 26.2 Å². The van der Waals surface area contributed by atoms with Crippen LogP contribution in [0.4, 0.5) is 10.5 Å². The quantitative estimate of drug-likeness (QED) is 0.656. The zero-order valence-corrected chi connectivity index (χ0v) is 11.6. The van der Waals surface area contributed by atoms with Gasteiger partial charge in [-0.25, -0.2) is 4.79 Å². The first-order valence-corrected chi connectivity index (χ1v) is 6.50. The van der Waals surface area contributed by atoms with Gasteiger partial charge < -0.3 is 20.1 Å². The van der Waals surface area contributed by atoms with E-state index in [9.17, 15) is 14.7 Å². The zero-order valence-electron chi connectivity index (χ0n) is 11.6. The smallest absolute Gasteiger partial charge is 0.321 e. The molecular weight excluding hydrogens is 260 g/mol. The van der Waals surface area contributed by atoms with Crippen LogP contribution in [0.15, 0.2) is 12.1 Å². The van der Waals surface area contributed by atoms with Crippen LogP contribution in [0.25, 0.3) is 0 Å². The normalized spacial score (nSPS) is 14.2. The summed E-state index contributed by atoms with van der Waals surface area (Å²) in [6, 6.07) is 2.54. The van der Waals surface area contributed by atoms with Crippen molar-refractivity contribution in [2.75, 3.05) is 25.5 Å². The molecule has 6 nitrogen and oxygen atoms in total. The van der Waals surface area contributed by atoms with E-state index in [1.54, 1.807) is 4.90 Å². The molecule has 108 valence electrons. The molecule has 1 aliphatic heterocycles. The lowest BCUT2D eigenvalue weighted by Gasteiger charge is -2.18. The summed E-state index contributed by atoms with van der Waals surface area (Å²) < 4.78 is 5.12. The average Bonchev–Trinajstić information content (AvgIpc) is 2.93. The number of nitrogens with one attached hydrogen (secondary N) is 1. The molecule has 0 radical (unpaired) electrons. The van der Waals surface area contributed by atoms with Crippen LogP contribution >= 0.6 is 0 Å². The van der Waals surface area contributed by atoms with Gasteiger partial charge in [0.05, 0.1) is 18.4 Å². The van der Waals surface area contributed by atoms with Gasteiger partial charge in [0.2, 0.25) is 0 Å². The summed E-state index contributed by atoms with van der Waals surface area (Å²) in [7, 11) is 1.44. The zero-order chi connectivity index (χ0) is 14.7. The molecule has 1 aromatic carbocycles. The van der Waals surface area contributed by atoms with Gasteiger partial charge in [-0.1, -0.05) is 0 Å². The third-order valence-corrected chi connectivity index (χ3v) is 3.33. The molecule has 20 heavy (non-hydrogen) atoms. The van der Waals surface area contributed by atoms with Crippen LogP contribution in [0.1, 0.15) is 30.1 Å². The highest BCUT2D eigenvalue weighted by molar-refractivity contribution is 6.00. The van der Waals surface area contributed by atoms with Gasteiger partial charge in [0.15, 0.2) is 5.78 Å². The van der Waals surface area contributed by atoms with E-state index in [-0.39, 0.29) is 23.1 Å². The average molecular weight is 278 g/mol. The number of ether oxygens (including phenoxy) is 1. The van der Waals surface area contributed by atoms with Crippen LogP contribution < -0.4 is 10.1 Å². The van der Waals surface area contributed by atoms with E-state index in [1.807, 2.05) is 0 Å². The second-order valence-corrected chi connectivity index (χ2v) is 4.75. The fourth-order valence-electron chi connectivity index (χ4n) is 2.23. The minimum absolute atomic E-state index is 0.155. The molecule has 2 rings (SSSR count). The van der Waals surface area contributed by atoms with E-state index in [0.717, 1.165) is 25.9 Å². The molecule has 1 saturated heterocycles. The molecule has 1 aliphatic rings. The van der Waals surface area contributed by atoms with E-state index in [2.05, 4.69) is 5.32 Å². The maximum atomic E-state index is 12.1. The number of carbonyl (C=O) groups excluding carboxylic acids is 2. The Hall–Kier alpha value is -2.24. The van der Waals surface area contributed by atoms with Gasteiger partial charge in [-0.15, -0.1) is 0 Å². The number of phenolic OH excluding ortho intramolecular Hbond substituents is 1. The fourth-order valence-corrected chi connectivity index (χ4v) is 2.23. The number of phenols is 1. The number of aromatic hydroxyl groups is 1. The third-order valence-electron chi connectivity index (χ3n) is 3.33. The van der Waals surface area contributed by atoms with E-state index < -0.39 is 0 Å². The molecule has 1 aromatic rings. The fraction of sp³-hybridized carbons (Fsp3) is 0.429. The first-order chi connectivity index (χ1) is 9.52. The van der Waals surface area contributed by atoms with Crippen LogP contribution in [-0.2, 0) is 0 Å². The molecule has 2 amide bonds. The highest BCUT2D eigenvalue weighted by Gasteiger charge is 2.20. The predicted molar refractivity (Wildman–Crippen MR) is 74.5 cm³/mol. The summed E-state index contributed by atoms with van der Waals surface area (Å²) in [6.07, 6.45) is 2.00. The Morgan fingerprint density at radius 2 is 1.95 bits per heavy atom. The molecule has 0 aliphatic carbocycles. The Labute approximate surface area is 117 Å². The molecule has 6 heteroatoms. The highest BCUT2D eigenvalue weighted by Crippen LogP contribution is 2.32. The Kier molecular flexibility index (Phi) is 4.12. The molecule has 0 spiro atoms. The lowest BCUT2D eigenvalue weighted by Crippen LogP contribution is -2.32. The van der Waals surface area contributed by atoms with Crippen molar-refractivity contribution < 1.29 is 19.4 Å². The Balaban J connectivity index is 2.26. The molecule has 0 atom stereocenters. The van der Waals surface area contributed by atoms with Gasteiger partial charge in [-0.05, 0) is 25.8 Å². The van der Waals surface area contributed by atoms with Gasteiger partial charge in [-0.2, -0.15) is 0 Å². The van der Waals surface area contributed by atoms with E-state index in [4.69, 9.17) is 4.74 Å². The van der Waals surface area contributed by atoms with E-state index in [0.29, 0.717) is 11.4 Å². The summed E-state index contributed by atoms with van der Waals surface area (Å²) >= 11 is 0. The van der Waals surface area contributed by atoms with Gasteiger partial charge >= 0.3 is 6.03 Å². The number of ketones is 1. The number of carbonyl (C=O) groups is 2. The first kappa shape index (κ1) is 14.2. The second kappa shape index (κ2) is 5.81. The molecule has 0 unspecified atom stereocenters. The Morgan fingerprint density at radius 3 is 2.50 bits per heavy atom. The SMILES string of the molecule is COc1cc(O)c(C(C)=O)cc1NC(=O)N1CCCC1. The number of Topliss-reactive ketones (excluding diaryl/α,β-unsaturated/α-hetero) is 1. The minimum Gasteiger partial charge on any atom is -0.507 e. The van der Waals surface area contributed by atoms with Gasteiger partial charge in [0.1, 0.15) is 11.5 Å². The molecule has 0 bridgehead atoms. The van der Waals surface area contributed by atoms with Gasteiger partial charge in [-0.3, -0.25) is 4.79 Å². The summed E-state index contributed by atoms with van der Waals surface area (Å²) in [5.74, 6) is -0.115. The van der Waals surface area contributed by atoms with Crippen LogP contribution in [-0.4, -0.2) is 42.0 Å². The number of likely N-dealkylation sites (tertiary alicyclic amines) is 1. The summed E-state index contributed by atoms with van der Waals surface area (Å²) in [4.78, 5) is 25.2. The lowest BCUT2D eigenvalue weighted by atomic mass is 10.1. The molecule has 0 saturated carbocycles. The molecule has 2 N–H and O–H groups in total. The van der Waals surface area contributed by atoms with Gasteiger partial charge in [0, 0.05) is 19.2 Å². The highest BCUT2D eigenvalue weighted by atomic mass is 16.5. The minimum atomic E-state index is -0.276. The number of amides is 2. The second-order valence-electron chi connectivity index (χ2n) is 4.75. The third kappa shape index (κ3) is 2.84. The summed E-state index contributed by atoms with van der Waals surface area (Å²) in [5.41, 5.74) is 0.537. The van der Waals surface area contributed by atoms with Gasteiger partial charge in [0.25, 0.3) is 0 Å². The number of benzene rings is 1. The number of hydrogen-bond donors (Lipinski definition) is 2. The van der Waals surface area contributed by atoms with Crippen LogP contribution in [0.5, 0.6) is 11.5 Å². The number of urea groups is 1. The molecule has 1 fully saturated rings. The van der Waals surface area contributed by atoms with Crippen LogP contribution in [0.2, 0.25) is 0 Å². The monoisotopic (exact) mass is 278 g/mol. The largest absolute Gasteiger partial charge is 0.507 e. The van der Waals surface area contributed by atoms with Crippen LogP contribution in [0, 0.1) is 0 Å². The number of hydrogen-bond acceptors (Lipinski definition) is 4. The van der Waals surface area contributed by atoms with Crippen LogP contribution in [0.3, 0.4) is 0 Å². The summed E-state index contributed by atoms with van der Waals surface area (Å²) in [5, 5.41) is 12.5. The molecule has 1 heterocycles.